The van der Waals surface area contributed by atoms with Crippen LogP contribution in [-0.4, -0.2) is 47.4 Å². The van der Waals surface area contributed by atoms with Gasteiger partial charge in [-0.3, -0.25) is 9.69 Å². The van der Waals surface area contributed by atoms with E-state index >= 15 is 0 Å². The zero-order valence-electron chi connectivity index (χ0n) is 11.4. The monoisotopic (exact) mass is 249 g/mol. The lowest BCUT2D eigenvalue weighted by Crippen LogP contribution is -2.57. The van der Waals surface area contributed by atoms with E-state index in [2.05, 4.69) is 17.9 Å². The molecule has 2 rings (SSSR count). The van der Waals surface area contributed by atoms with Gasteiger partial charge in [-0.1, -0.05) is 13.3 Å². The van der Waals surface area contributed by atoms with E-state index < -0.39 is 5.92 Å². The molecule has 0 aromatic rings. The van der Waals surface area contributed by atoms with E-state index in [1.54, 1.807) is 0 Å². The molecule has 0 saturated carbocycles. The number of hydrogen-bond donors (Lipinski definition) is 0. The Morgan fingerprint density at radius 2 is 2.28 bits per heavy atom. The van der Waals surface area contributed by atoms with Crippen LogP contribution in [0.5, 0.6) is 0 Å². The van der Waals surface area contributed by atoms with Crippen LogP contribution in [0, 0.1) is 17.2 Å². The number of amides is 1. The molecule has 3 atom stereocenters. The molecule has 2 fully saturated rings. The quantitative estimate of drug-likeness (QED) is 0.763. The molecular weight excluding hydrogens is 226 g/mol. The van der Waals surface area contributed by atoms with Crippen LogP contribution >= 0.6 is 0 Å². The number of nitrogens with zero attached hydrogens (tertiary/aromatic N) is 3. The number of hydrogen-bond acceptors (Lipinski definition) is 3. The standard InChI is InChI=1S/C14H23N3O/c1-3-5-12(8-15)14(18)17-10-13-6-4-7-16(13)9-11(17)2/h11-13H,3-7,9-10H2,1-2H3. The summed E-state index contributed by atoms with van der Waals surface area (Å²) in [6.07, 6.45) is 4.02. The van der Waals surface area contributed by atoms with Crippen LogP contribution in [0.25, 0.3) is 0 Å². The summed E-state index contributed by atoms with van der Waals surface area (Å²) in [6.45, 7) is 7.10. The number of carbonyl (C=O) groups excluding carboxylic acids is 1. The summed E-state index contributed by atoms with van der Waals surface area (Å²) in [6, 6.07) is 2.96. The van der Waals surface area contributed by atoms with Crippen molar-refractivity contribution in [2.24, 2.45) is 5.92 Å². The molecule has 1 amide bonds. The third-order valence-corrected chi connectivity index (χ3v) is 4.25. The van der Waals surface area contributed by atoms with E-state index in [0.29, 0.717) is 12.5 Å². The summed E-state index contributed by atoms with van der Waals surface area (Å²) in [7, 11) is 0. The van der Waals surface area contributed by atoms with Crippen molar-refractivity contribution in [3.8, 4) is 6.07 Å². The number of carbonyl (C=O) groups is 1. The predicted molar refractivity (Wildman–Crippen MR) is 69.8 cm³/mol. The van der Waals surface area contributed by atoms with E-state index in [4.69, 9.17) is 5.26 Å². The summed E-state index contributed by atoms with van der Waals surface area (Å²) in [5.74, 6) is -0.385. The van der Waals surface area contributed by atoms with E-state index in [1.165, 1.54) is 19.4 Å². The van der Waals surface area contributed by atoms with Gasteiger partial charge in [-0.25, -0.2) is 0 Å². The SMILES string of the molecule is CCCC(C#N)C(=O)N1CC2CCCN2CC1C. The highest BCUT2D eigenvalue weighted by Crippen LogP contribution is 2.26. The van der Waals surface area contributed by atoms with Crippen molar-refractivity contribution in [1.29, 1.82) is 5.26 Å². The first-order valence-electron chi connectivity index (χ1n) is 7.11. The highest BCUT2D eigenvalue weighted by molar-refractivity contribution is 5.81. The molecule has 2 aliphatic rings. The van der Waals surface area contributed by atoms with Crippen molar-refractivity contribution < 1.29 is 4.79 Å². The van der Waals surface area contributed by atoms with Gasteiger partial charge in [-0.2, -0.15) is 5.26 Å². The number of piperazine rings is 1. The minimum absolute atomic E-state index is 0.0541. The lowest BCUT2D eigenvalue weighted by atomic mass is 10.0. The lowest BCUT2D eigenvalue weighted by Gasteiger charge is -2.43. The summed E-state index contributed by atoms with van der Waals surface area (Å²) >= 11 is 0. The average molecular weight is 249 g/mol. The summed E-state index contributed by atoms with van der Waals surface area (Å²) in [5, 5.41) is 9.12. The summed E-state index contributed by atoms with van der Waals surface area (Å²) in [4.78, 5) is 16.9. The fraction of sp³-hybridized carbons (Fsp3) is 0.857. The predicted octanol–water partition coefficient (Wildman–Crippen LogP) is 1.62. The molecule has 0 radical (unpaired) electrons. The Hall–Kier alpha value is -1.08. The minimum atomic E-state index is -0.439. The second kappa shape index (κ2) is 5.71. The smallest absolute Gasteiger partial charge is 0.240 e. The van der Waals surface area contributed by atoms with E-state index in [0.717, 1.165) is 19.5 Å². The van der Waals surface area contributed by atoms with Crippen LogP contribution in [0.3, 0.4) is 0 Å². The molecule has 2 aliphatic heterocycles. The largest absolute Gasteiger partial charge is 0.336 e. The molecule has 0 aromatic carbocycles. The molecule has 100 valence electrons. The highest BCUT2D eigenvalue weighted by atomic mass is 16.2. The Morgan fingerprint density at radius 1 is 1.50 bits per heavy atom. The van der Waals surface area contributed by atoms with Crippen LogP contribution in [0.4, 0.5) is 0 Å². The van der Waals surface area contributed by atoms with Crippen LogP contribution in [-0.2, 0) is 4.79 Å². The van der Waals surface area contributed by atoms with Gasteiger partial charge >= 0.3 is 0 Å². The Labute approximate surface area is 110 Å². The zero-order chi connectivity index (χ0) is 13.1. The third kappa shape index (κ3) is 2.51. The van der Waals surface area contributed by atoms with Gasteiger partial charge in [0.25, 0.3) is 0 Å². The second-order valence-electron chi connectivity index (χ2n) is 5.60. The molecular formula is C14H23N3O. The van der Waals surface area contributed by atoms with Crippen LogP contribution < -0.4 is 0 Å². The molecule has 0 bridgehead atoms. The molecule has 3 unspecified atom stereocenters. The van der Waals surface area contributed by atoms with Gasteiger partial charge in [0.1, 0.15) is 5.92 Å². The molecule has 0 spiro atoms. The van der Waals surface area contributed by atoms with Crippen molar-refractivity contribution in [3.05, 3.63) is 0 Å². The highest BCUT2D eigenvalue weighted by Gasteiger charge is 2.38. The third-order valence-electron chi connectivity index (χ3n) is 4.25. The first kappa shape index (κ1) is 13.4. The molecule has 0 aromatic heterocycles. The van der Waals surface area contributed by atoms with Gasteiger partial charge in [-0.15, -0.1) is 0 Å². The molecule has 18 heavy (non-hydrogen) atoms. The fourth-order valence-corrected chi connectivity index (χ4v) is 3.23. The van der Waals surface area contributed by atoms with E-state index in [1.807, 2.05) is 11.8 Å². The molecule has 4 heteroatoms. The van der Waals surface area contributed by atoms with Crippen molar-refractivity contribution in [1.82, 2.24) is 9.80 Å². The topological polar surface area (TPSA) is 47.3 Å². The number of fused-ring (bicyclic) bond motifs is 1. The lowest BCUT2D eigenvalue weighted by molar-refractivity contribution is -0.139. The first-order chi connectivity index (χ1) is 8.67. The van der Waals surface area contributed by atoms with Gasteiger partial charge in [0.15, 0.2) is 0 Å². The normalized spacial score (nSPS) is 29.7. The Morgan fingerprint density at radius 3 is 2.94 bits per heavy atom. The summed E-state index contributed by atoms with van der Waals surface area (Å²) in [5.41, 5.74) is 0. The Bertz CT molecular complexity index is 349. The van der Waals surface area contributed by atoms with E-state index in [9.17, 15) is 4.79 Å². The fourth-order valence-electron chi connectivity index (χ4n) is 3.23. The molecule has 4 nitrogen and oxygen atoms in total. The second-order valence-corrected chi connectivity index (χ2v) is 5.60. The van der Waals surface area contributed by atoms with Crippen molar-refractivity contribution >= 4 is 5.91 Å². The maximum absolute atomic E-state index is 12.4. The maximum atomic E-state index is 12.4. The molecule has 0 N–H and O–H groups in total. The van der Waals surface area contributed by atoms with Gasteiger partial charge < -0.3 is 4.90 Å². The van der Waals surface area contributed by atoms with Crippen LogP contribution in [0.2, 0.25) is 0 Å². The number of nitriles is 1. The summed E-state index contributed by atoms with van der Waals surface area (Å²) < 4.78 is 0. The van der Waals surface area contributed by atoms with Crippen LogP contribution in [0.1, 0.15) is 39.5 Å². The van der Waals surface area contributed by atoms with Crippen molar-refractivity contribution in [3.63, 3.8) is 0 Å². The zero-order valence-corrected chi connectivity index (χ0v) is 11.4. The first-order valence-corrected chi connectivity index (χ1v) is 7.11. The Kier molecular flexibility index (Phi) is 4.23. The maximum Gasteiger partial charge on any atom is 0.240 e. The minimum Gasteiger partial charge on any atom is -0.336 e. The average Bonchev–Trinajstić information content (AvgIpc) is 2.81. The van der Waals surface area contributed by atoms with Gasteiger partial charge in [-0.05, 0) is 32.7 Å². The van der Waals surface area contributed by atoms with Crippen LogP contribution in [0.15, 0.2) is 0 Å². The van der Waals surface area contributed by atoms with Gasteiger partial charge in [0.2, 0.25) is 5.91 Å². The van der Waals surface area contributed by atoms with Gasteiger partial charge in [0, 0.05) is 25.2 Å². The van der Waals surface area contributed by atoms with Gasteiger partial charge in [0.05, 0.1) is 6.07 Å². The number of rotatable bonds is 3. The van der Waals surface area contributed by atoms with E-state index in [-0.39, 0.29) is 11.9 Å². The van der Waals surface area contributed by atoms with Crippen molar-refractivity contribution in [2.45, 2.75) is 51.6 Å². The van der Waals surface area contributed by atoms with Crippen molar-refractivity contribution in [2.75, 3.05) is 19.6 Å². The Balaban J connectivity index is 2.03. The molecule has 2 heterocycles. The molecule has 2 saturated heterocycles. The molecule has 0 aliphatic carbocycles.